The molecular formula is C18H22FN3O2. The Hall–Kier alpha value is -2.76. The predicted octanol–water partition coefficient (Wildman–Crippen LogP) is 2.58. The molecule has 2 rings (SSSR count). The van der Waals surface area contributed by atoms with Gasteiger partial charge in [0.15, 0.2) is 17.5 Å². The summed E-state index contributed by atoms with van der Waals surface area (Å²) >= 11 is 0. The third kappa shape index (κ3) is 5.46. The van der Waals surface area contributed by atoms with E-state index < -0.39 is 5.82 Å². The summed E-state index contributed by atoms with van der Waals surface area (Å²) in [5, 5.41) is 15.4. The van der Waals surface area contributed by atoms with Gasteiger partial charge in [-0.1, -0.05) is 23.8 Å². The second kappa shape index (κ2) is 8.76. The van der Waals surface area contributed by atoms with Gasteiger partial charge in [0.2, 0.25) is 0 Å². The number of nitrogens with one attached hydrogen (secondary N) is 2. The number of hydrogen-bond acceptors (Lipinski definition) is 3. The van der Waals surface area contributed by atoms with Crippen LogP contribution in [0.3, 0.4) is 0 Å². The van der Waals surface area contributed by atoms with E-state index in [9.17, 15) is 9.50 Å². The van der Waals surface area contributed by atoms with Crippen LogP contribution >= 0.6 is 0 Å². The van der Waals surface area contributed by atoms with Gasteiger partial charge in [-0.25, -0.2) is 4.39 Å². The van der Waals surface area contributed by atoms with Gasteiger partial charge in [0.1, 0.15) is 12.4 Å². The van der Waals surface area contributed by atoms with Gasteiger partial charge in [0, 0.05) is 13.6 Å². The topological polar surface area (TPSA) is 65.9 Å². The summed E-state index contributed by atoms with van der Waals surface area (Å²) in [6.07, 6.45) is 0. The van der Waals surface area contributed by atoms with E-state index in [2.05, 4.69) is 15.6 Å². The first-order valence-electron chi connectivity index (χ1n) is 7.70. The molecule has 6 heteroatoms. The number of ether oxygens (including phenoxy) is 1. The Kier molecular flexibility index (Phi) is 6.42. The zero-order valence-electron chi connectivity index (χ0n) is 13.8. The quantitative estimate of drug-likeness (QED) is 0.432. The van der Waals surface area contributed by atoms with E-state index in [1.807, 2.05) is 31.2 Å². The molecule has 0 aliphatic carbocycles. The van der Waals surface area contributed by atoms with Crippen molar-refractivity contribution in [3.63, 3.8) is 0 Å². The minimum absolute atomic E-state index is 0.352. The van der Waals surface area contributed by atoms with Gasteiger partial charge >= 0.3 is 0 Å². The van der Waals surface area contributed by atoms with Crippen molar-refractivity contribution in [3.05, 3.63) is 59.4 Å². The van der Waals surface area contributed by atoms with Gasteiger partial charge in [-0.05, 0) is 36.8 Å². The molecule has 5 nitrogen and oxygen atoms in total. The number of halogens is 1. The number of aryl methyl sites for hydroxylation is 1. The van der Waals surface area contributed by atoms with E-state index in [1.54, 1.807) is 13.1 Å². The fourth-order valence-electron chi connectivity index (χ4n) is 2.04. The molecule has 0 spiro atoms. The Morgan fingerprint density at radius 1 is 1.17 bits per heavy atom. The number of aromatic hydroxyl groups is 1. The predicted molar refractivity (Wildman–Crippen MR) is 92.9 cm³/mol. The number of phenolic OH excluding ortho intramolecular Hbond substituents is 1. The van der Waals surface area contributed by atoms with Crippen molar-refractivity contribution < 1.29 is 14.2 Å². The Bertz CT molecular complexity index is 687. The van der Waals surface area contributed by atoms with Crippen LogP contribution in [0.4, 0.5) is 4.39 Å². The van der Waals surface area contributed by atoms with Crippen molar-refractivity contribution in [2.45, 2.75) is 13.5 Å². The fourth-order valence-corrected chi connectivity index (χ4v) is 2.04. The van der Waals surface area contributed by atoms with Gasteiger partial charge in [-0.15, -0.1) is 0 Å². The van der Waals surface area contributed by atoms with Gasteiger partial charge in [-0.3, -0.25) is 4.99 Å². The number of benzene rings is 2. The molecular weight excluding hydrogens is 309 g/mol. The molecule has 0 bridgehead atoms. The van der Waals surface area contributed by atoms with Crippen LogP contribution in [-0.4, -0.2) is 31.3 Å². The minimum atomic E-state index is -0.635. The molecule has 2 aromatic rings. The maximum absolute atomic E-state index is 13.3. The van der Waals surface area contributed by atoms with Crippen molar-refractivity contribution in [1.82, 2.24) is 10.6 Å². The lowest BCUT2D eigenvalue weighted by molar-refractivity contribution is 0.322. The normalized spacial score (nSPS) is 11.2. The molecule has 0 saturated carbocycles. The fraction of sp³-hybridized carbons (Fsp3) is 0.278. The first kappa shape index (κ1) is 17.6. The molecule has 0 atom stereocenters. The van der Waals surface area contributed by atoms with Crippen molar-refractivity contribution >= 4 is 5.96 Å². The summed E-state index contributed by atoms with van der Waals surface area (Å²) < 4.78 is 18.9. The molecule has 0 heterocycles. The zero-order valence-corrected chi connectivity index (χ0v) is 13.8. The van der Waals surface area contributed by atoms with Crippen LogP contribution in [-0.2, 0) is 6.54 Å². The second-order valence-electron chi connectivity index (χ2n) is 5.30. The average Bonchev–Trinajstić information content (AvgIpc) is 2.59. The van der Waals surface area contributed by atoms with Gasteiger partial charge in [-0.2, -0.15) is 0 Å². The first-order valence-corrected chi connectivity index (χ1v) is 7.70. The smallest absolute Gasteiger partial charge is 0.191 e. The summed E-state index contributed by atoms with van der Waals surface area (Å²) in [5.41, 5.74) is 1.90. The summed E-state index contributed by atoms with van der Waals surface area (Å²) in [4.78, 5) is 4.09. The van der Waals surface area contributed by atoms with Crippen molar-refractivity contribution in [2.75, 3.05) is 20.2 Å². The number of hydrogen-bond donors (Lipinski definition) is 3. The number of guanidine groups is 1. The van der Waals surface area contributed by atoms with Crippen LogP contribution in [0.15, 0.2) is 47.5 Å². The Morgan fingerprint density at radius 3 is 2.58 bits per heavy atom. The van der Waals surface area contributed by atoms with E-state index >= 15 is 0 Å². The second-order valence-corrected chi connectivity index (χ2v) is 5.30. The SMILES string of the molecule is CN=C(NCCOc1ccc(C)cc1)NCc1ccc(O)c(F)c1. The molecule has 0 radical (unpaired) electrons. The van der Waals surface area contributed by atoms with E-state index in [4.69, 9.17) is 4.74 Å². The first-order chi connectivity index (χ1) is 11.6. The summed E-state index contributed by atoms with van der Waals surface area (Å²) in [6.45, 7) is 3.51. The Labute approximate surface area is 141 Å². The standard InChI is InChI=1S/C18H22FN3O2/c1-13-3-6-15(7-4-13)24-10-9-21-18(20-2)22-12-14-5-8-17(23)16(19)11-14/h3-8,11,23H,9-10,12H2,1-2H3,(H2,20,21,22). The summed E-state index contributed by atoms with van der Waals surface area (Å²) in [6, 6.07) is 12.1. The highest BCUT2D eigenvalue weighted by molar-refractivity contribution is 5.79. The van der Waals surface area contributed by atoms with Crippen LogP contribution in [0.2, 0.25) is 0 Å². The number of nitrogens with zero attached hydrogens (tertiary/aromatic N) is 1. The van der Waals surface area contributed by atoms with Crippen LogP contribution in [0.5, 0.6) is 11.5 Å². The Morgan fingerprint density at radius 2 is 1.92 bits per heavy atom. The van der Waals surface area contributed by atoms with Crippen molar-refractivity contribution in [2.24, 2.45) is 4.99 Å². The molecule has 128 valence electrons. The number of rotatable bonds is 6. The van der Waals surface area contributed by atoms with E-state index in [-0.39, 0.29) is 5.75 Å². The molecule has 3 N–H and O–H groups in total. The van der Waals surface area contributed by atoms with Crippen molar-refractivity contribution in [3.8, 4) is 11.5 Å². The van der Waals surface area contributed by atoms with Crippen LogP contribution in [0, 0.1) is 12.7 Å². The molecule has 2 aromatic carbocycles. The molecule has 0 aliphatic heterocycles. The average molecular weight is 331 g/mol. The lowest BCUT2D eigenvalue weighted by Gasteiger charge is -2.13. The third-order valence-corrected chi connectivity index (χ3v) is 3.38. The maximum atomic E-state index is 13.3. The zero-order chi connectivity index (χ0) is 17.4. The Balaban J connectivity index is 1.72. The molecule has 0 saturated heterocycles. The van der Waals surface area contributed by atoms with Crippen molar-refractivity contribution in [1.29, 1.82) is 0 Å². The molecule has 0 unspecified atom stereocenters. The molecule has 0 amide bonds. The molecule has 0 aliphatic rings. The van der Waals surface area contributed by atoms with Crippen LogP contribution in [0.1, 0.15) is 11.1 Å². The highest BCUT2D eigenvalue weighted by atomic mass is 19.1. The molecule has 0 aromatic heterocycles. The lowest BCUT2D eigenvalue weighted by Crippen LogP contribution is -2.38. The summed E-state index contributed by atoms with van der Waals surface area (Å²) in [5.74, 6) is 0.430. The third-order valence-electron chi connectivity index (χ3n) is 3.38. The minimum Gasteiger partial charge on any atom is -0.505 e. The van der Waals surface area contributed by atoms with Crippen LogP contribution < -0.4 is 15.4 Å². The van der Waals surface area contributed by atoms with E-state index in [0.29, 0.717) is 31.2 Å². The number of phenols is 1. The summed E-state index contributed by atoms with van der Waals surface area (Å²) in [7, 11) is 1.66. The van der Waals surface area contributed by atoms with Gasteiger partial charge in [0.05, 0.1) is 6.54 Å². The largest absolute Gasteiger partial charge is 0.505 e. The number of aliphatic imine (C=N–C) groups is 1. The molecule has 0 fully saturated rings. The van der Waals surface area contributed by atoms with Gasteiger partial charge < -0.3 is 20.5 Å². The van der Waals surface area contributed by atoms with Crippen LogP contribution in [0.25, 0.3) is 0 Å². The van der Waals surface area contributed by atoms with E-state index in [0.717, 1.165) is 5.75 Å². The van der Waals surface area contributed by atoms with E-state index in [1.165, 1.54) is 17.7 Å². The lowest BCUT2D eigenvalue weighted by atomic mass is 10.2. The monoisotopic (exact) mass is 331 g/mol. The van der Waals surface area contributed by atoms with Gasteiger partial charge in [0.25, 0.3) is 0 Å². The molecule has 24 heavy (non-hydrogen) atoms. The highest BCUT2D eigenvalue weighted by Crippen LogP contribution is 2.15. The maximum Gasteiger partial charge on any atom is 0.191 e. The highest BCUT2D eigenvalue weighted by Gasteiger charge is 2.03.